The molecule has 21 heavy (non-hydrogen) atoms. The van der Waals surface area contributed by atoms with E-state index in [0.717, 1.165) is 10.9 Å². The van der Waals surface area contributed by atoms with Crippen LogP contribution in [-0.4, -0.2) is 11.0 Å². The Balaban J connectivity index is 1.49. The number of pyridine rings is 1. The molecule has 4 rings (SSSR count). The lowest BCUT2D eigenvalue weighted by Gasteiger charge is -2.38. The van der Waals surface area contributed by atoms with Crippen molar-refractivity contribution in [1.29, 1.82) is 0 Å². The van der Waals surface area contributed by atoms with Gasteiger partial charge in [-0.25, -0.2) is 0 Å². The zero-order valence-electron chi connectivity index (χ0n) is 12.6. The molecule has 2 aromatic rings. The van der Waals surface area contributed by atoms with Gasteiger partial charge in [0.15, 0.2) is 0 Å². The molecule has 0 aliphatic heterocycles. The first-order chi connectivity index (χ1) is 10.3. The standard InChI is InChI=1S/C19H24N2/c1-2-11-19(10-1)12-8-15(9-13-19)21-18-7-3-6-17-16(18)5-4-14-20-17/h3-7,14-15,21H,1-2,8-13H2. The molecule has 2 aliphatic carbocycles. The minimum atomic E-state index is 0.641. The number of rotatable bonds is 2. The van der Waals surface area contributed by atoms with E-state index in [9.17, 15) is 0 Å². The molecular formula is C19H24N2. The Kier molecular flexibility index (Phi) is 3.33. The Morgan fingerprint density at radius 2 is 1.76 bits per heavy atom. The maximum absolute atomic E-state index is 4.45. The number of nitrogens with one attached hydrogen (secondary N) is 1. The van der Waals surface area contributed by atoms with Gasteiger partial charge in [-0.05, 0) is 68.2 Å². The molecule has 2 aliphatic rings. The highest BCUT2D eigenvalue weighted by molar-refractivity contribution is 5.91. The summed E-state index contributed by atoms with van der Waals surface area (Å²) in [7, 11) is 0. The van der Waals surface area contributed by atoms with E-state index >= 15 is 0 Å². The Morgan fingerprint density at radius 3 is 2.57 bits per heavy atom. The molecule has 2 heteroatoms. The van der Waals surface area contributed by atoms with Crippen molar-refractivity contribution in [2.24, 2.45) is 5.41 Å². The third-order valence-corrected chi connectivity index (χ3v) is 5.72. The number of anilines is 1. The van der Waals surface area contributed by atoms with Crippen LogP contribution in [0.4, 0.5) is 5.69 Å². The second kappa shape index (κ2) is 5.32. The molecule has 2 saturated carbocycles. The molecule has 2 fully saturated rings. The van der Waals surface area contributed by atoms with E-state index < -0.39 is 0 Å². The molecule has 1 aromatic heterocycles. The Morgan fingerprint density at radius 1 is 0.952 bits per heavy atom. The predicted octanol–water partition coefficient (Wildman–Crippen LogP) is 5.15. The molecule has 1 aromatic carbocycles. The highest BCUT2D eigenvalue weighted by Crippen LogP contribution is 2.49. The van der Waals surface area contributed by atoms with Crippen LogP contribution in [-0.2, 0) is 0 Å². The van der Waals surface area contributed by atoms with Crippen LogP contribution in [0.2, 0.25) is 0 Å². The summed E-state index contributed by atoms with van der Waals surface area (Å²) in [4.78, 5) is 4.45. The van der Waals surface area contributed by atoms with Crippen molar-refractivity contribution in [1.82, 2.24) is 4.98 Å². The second-order valence-corrected chi connectivity index (χ2v) is 7.00. The van der Waals surface area contributed by atoms with Crippen molar-refractivity contribution in [3.63, 3.8) is 0 Å². The van der Waals surface area contributed by atoms with E-state index in [2.05, 4.69) is 34.6 Å². The summed E-state index contributed by atoms with van der Waals surface area (Å²) in [5.41, 5.74) is 3.07. The van der Waals surface area contributed by atoms with Crippen LogP contribution in [0.3, 0.4) is 0 Å². The average Bonchev–Trinajstić information content (AvgIpc) is 2.99. The molecule has 1 heterocycles. The van der Waals surface area contributed by atoms with E-state index in [1.54, 1.807) is 0 Å². The Hall–Kier alpha value is -1.57. The molecule has 110 valence electrons. The number of hydrogen-bond acceptors (Lipinski definition) is 2. The van der Waals surface area contributed by atoms with Crippen LogP contribution in [0.5, 0.6) is 0 Å². The minimum absolute atomic E-state index is 0.641. The summed E-state index contributed by atoms with van der Waals surface area (Å²) in [5, 5.41) is 5.04. The monoisotopic (exact) mass is 280 g/mol. The van der Waals surface area contributed by atoms with Crippen molar-refractivity contribution in [2.45, 2.75) is 57.4 Å². The van der Waals surface area contributed by atoms with Gasteiger partial charge in [-0.15, -0.1) is 0 Å². The van der Waals surface area contributed by atoms with E-state index in [4.69, 9.17) is 0 Å². The number of fused-ring (bicyclic) bond motifs is 1. The first kappa shape index (κ1) is 13.1. The third kappa shape index (κ3) is 2.52. The summed E-state index contributed by atoms with van der Waals surface area (Å²) in [5.74, 6) is 0. The van der Waals surface area contributed by atoms with Crippen molar-refractivity contribution >= 4 is 16.6 Å². The fourth-order valence-corrected chi connectivity index (χ4v) is 4.45. The van der Waals surface area contributed by atoms with Gasteiger partial charge in [0.25, 0.3) is 0 Å². The normalized spacial score (nSPS) is 21.9. The van der Waals surface area contributed by atoms with Gasteiger partial charge in [0.2, 0.25) is 0 Å². The molecule has 2 nitrogen and oxygen atoms in total. The number of aromatic nitrogens is 1. The summed E-state index contributed by atoms with van der Waals surface area (Å²) in [6.07, 6.45) is 13.3. The molecule has 0 unspecified atom stereocenters. The quantitative estimate of drug-likeness (QED) is 0.823. The highest BCUT2D eigenvalue weighted by Gasteiger charge is 2.37. The highest BCUT2D eigenvalue weighted by atomic mass is 14.9. The fourth-order valence-electron chi connectivity index (χ4n) is 4.45. The van der Waals surface area contributed by atoms with Crippen molar-refractivity contribution in [2.75, 3.05) is 5.32 Å². The van der Waals surface area contributed by atoms with Crippen molar-refractivity contribution in [3.05, 3.63) is 36.5 Å². The number of hydrogen-bond donors (Lipinski definition) is 1. The van der Waals surface area contributed by atoms with Crippen LogP contribution in [0, 0.1) is 5.41 Å². The maximum Gasteiger partial charge on any atom is 0.0722 e. The summed E-state index contributed by atoms with van der Waals surface area (Å²) < 4.78 is 0. The van der Waals surface area contributed by atoms with Crippen LogP contribution in [0.1, 0.15) is 51.4 Å². The SMILES string of the molecule is c1cc(NC2CCC3(CCCC3)CC2)c2cccnc2c1. The maximum atomic E-state index is 4.45. The predicted molar refractivity (Wildman–Crippen MR) is 88.5 cm³/mol. The van der Waals surface area contributed by atoms with Crippen LogP contribution < -0.4 is 5.32 Å². The Labute approximate surface area is 127 Å². The van der Waals surface area contributed by atoms with E-state index in [1.807, 2.05) is 12.3 Å². The summed E-state index contributed by atoms with van der Waals surface area (Å²) >= 11 is 0. The molecule has 0 atom stereocenters. The van der Waals surface area contributed by atoms with Crippen LogP contribution in [0.15, 0.2) is 36.5 Å². The lowest BCUT2D eigenvalue weighted by atomic mass is 9.71. The van der Waals surface area contributed by atoms with Gasteiger partial charge in [0, 0.05) is 23.3 Å². The first-order valence-corrected chi connectivity index (χ1v) is 8.45. The molecule has 0 bridgehead atoms. The van der Waals surface area contributed by atoms with E-state index in [0.29, 0.717) is 6.04 Å². The second-order valence-electron chi connectivity index (χ2n) is 7.00. The van der Waals surface area contributed by atoms with Crippen LogP contribution >= 0.6 is 0 Å². The van der Waals surface area contributed by atoms with Gasteiger partial charge in [-0.2, -0.15) is 0 Å². The molecule has 0 saturated heterocycles. The van der Waals surface area contributed by atoms with Gasteiger partial charge in [-0.3, -0.25) is 4.98 Å². The van der Waals surface area contributed by atoms with Crippen LogP contribution in [0.25, 0.3) is 10.9 Å². The van der Waals surface area contributed by atoms with E-state index in [-0.39, 0.29) is 0 Å². The first-order valence-electron chi connectivity index (χ1n) is 8.45. The number of benzene rings is 1. The lowest BCUT2D eigenvalue weighted by Crippen LogP contribution is -2.31. The van der Waals surface area contributed by atoms with Crippen molar-refractivity contribution < 1.29 is 0 Å². The Bertz CT molecular complexity index is 613. The zero-order chi connectivity index (χ0) is 14.1. The summed E-state index contributed by atoms with van der Waals surface area (Å²) in [6.45, 7) is 0. The van der Waals surface area contributed by atoms with Gasteiger partial charge < -0.3 is 5.32 Å². The van der Waals surface area contributed by atoms with Gasteiger partial charge in [0.05, 0.1) is 5.52 Å². The van der Waals surface area contributed by atoms with Gasteiger partial charge in [-0.1, -0.05) is 18.9 Å². The smallest absolute Gasteiger partial charge is 0.0722 e. The topological polar surface area (TPSA) is 24.9 Å². The molecular weight excluding hydrogens is 256 g/mol. The molecule has 1 N–H and O–H groups in total. The van der Waals surface area contributed by atoms with Gasteiger partial charge >= 0.3 is 0 Å². The largest absolute Gasteiger partial charge is 0.382 e. The van der Waals surface area contributed by atoms with Gasteiger partial charge in [0.1, 0.15) is 0 Å². The third-order valence-electron chi connectivity index (χ3n) is 5.72. The summed E-state index contributed by atoms with van der Waals surface area (Å²) in [6, 6.07) is 11.2. The van der Waals surface area contributed by atoms with Crippen molar-refractivity contribution in [3.8, 4) is 0 Å². The molecule has 0 radical (unpaired) electrons. The lowest BCUT2D eigenvalue weighted by molar-refractivity contribution is 0.188. The molecule has 0 amide bonds. The number of nitrogens with zero attached hydrogens (tertiary/aromatic N) is 1. The fraction of sp³-hybridized carbons (Fsp3) is 0.526. The minimum Gasteiger partial charge on any atom is -0.382 e. The zero-order valence-corrected chi connectivity index (χ0v) is 12.6. The average molecular weight is 280 g/mol. The molecule has 1 spiro atoms. The van der Waals surface area contributed by atoms with E-state index in [1.165, 1.54) is 62.4 Å².